The molecule has 0 aliphatic carbocycles. The van der Waals surface area contributed by atoms with E-state index in [1.165, 1.54) is 0 Å². The van der Waals surface area contributed by atoms with E-state index in [1.807, 2.05) is 25.1 Å². The molecule has 1 aromatic carbocycles. The molecule has 136 valence electrons. The van der Waals surface area contributed by atoms with Crippen molar-refractivity contribution in [3.63, 3.8) is 0 Å². The number of aliphatic hydroxyl groups is 2. The first-order chi connectivity index (χ1) is 12.0. The zero-order chi connectivity index (χ0) is 18.0. The highest BCUT2D eigenvalue weighted by molar-refractivity contribution is 5.60. The second-order valence-corrected chi connectivity index (χ2v) is 6.25. The molecule has 0 spiro atoms. The lowest BCUT2D eigenvalue weighted by molar-refractivity contribution is -0.0406. The molecule has 7 heteroatoms. The van der Waals surface area contributed by atoms with Crippen molar-refractivity contribution in [1.29, 1.82) is 0 Å². The highest BCUT2D eigenvalue weighted by Gasteiger charge is 2.27. The standard InChI is InChI=1S/C18H24N2O5/c1-11-13(9-20-7-6-14(21)15(22)10-20)19-18(25-11)12-4-5-16(23-2)17(8-12)24-3/h4-5,8,14-15,21-22H,6-7,9-10H2,1-3H3. The molecule has 0 saturated carbocycles. The van der Waals surface area contributed by atoms with Crippen molar-refractivity contribution in [1.82, 2.24) is 9.88 Å². The number of hydrogen-bond donors (Lipinski definition) is 2. The summed E-state index contributed by atoms with van der Waals surface area (Å²) in [7, 11) is 3.18. The molecule has 0 radical (unpaired) electrons. The lowest BCUT2D eigenvalue weighted by Crippen LogP contribution is -2.46. The second kappa shape index (κ2) is 7.43. The number of methoxy groups -OCH3 is 2. The van der Waals surface area contributed by atoms with Crippen molar-refractivity contribution in [3.8, 4) is 23.0 Å². The molecule has 2 heterocycles. The largest absolute Gasteiger partial charge is 0.493 e. The summed E-state index contributed by atoms with van der Waals surface area (Å²) in [5.74, 6) is 2.53. The first-order valence-electron chi connectivity index (χ1n) is 8.29. The van der Waals surface area contributed by atoms with Gasteiger partial charge in [0.1, 0.15) is 5.76 Å². The fourth-order valence-corrected chi connectivity index (χ4v) is 3.01. The van der Waals surface area contributed by atoms with Gasteiger partial charge in [0.25, 0.3) is 0 Å². The van der Waals surface area contributed by atoms with Crippen LogP contribution >= 0.6 is 0 Å². The third-order valence-corrected chi connectivity index (χ3v) is 4.53. The Morgan fingerprint density at radius 1 is 1.20 bits per heavy atom. The van der Waals surface area contributed by atoms with Crippen molar-refractivity contribution < 1.29 is 24.1 Å². The van der Waals surface area contributed by atoms with Crippen molar-refractivity contribution in [2.24, 2.45) is 0 Å². The average molecular weight is 348 g/mol. The molecule has 2 atom stereocenters. The van der Waals surface area contributed by atoms with E-state index in [9.17, 15) is 10.2 Å². The first kappa shape index (κ1) is 17.7. The Balaban J connectivity index is 1.78. The molecule has 0 bridgehead atoms. The maximum absolute atomic E-state index is 9.82. The van der Waals surface area contributed by atoms with Crippen LogP contribution in [0.15, 0.2) is 22.6 Å². The number of β-amino-alcohol motifs (C(OH)–C–C–N with tert-alkyl or cyclic N) is 1. The zero-order valence-electron chi connectivity index (χ0n) is 14.7. The highest BCUT2D eigenvalue weighted by Crippen LogP contribution is 2.32. The molecular formula is C18H24N2O5. The summed E-state index contributed by atoms with van der Waals surface area (Å²) in [4.78, 5) is 6.67. The van der Waals surface area contributed by atoms with Gasteiger partial charge >= 0.3 is 0 Å². The number of rotatable bonds is 5. The number of aliphatic hydroxyl groups excluding tert-OH is 2. The SMILES string of the molecule is COc1ccc(-c2nc(CN3CCC(O)C(O)C3)c(C)o2)cc1OC. The Labute approximate surface area is 146 Å². The van der Waals surface area contributed by atoms with Gasteiger partial charge in [-0.3, -0.25) is 4.90 Å². The third kappa shape index (κ3) is 3.78. The van der Waals surface area contributed by atoms with Crippen LogP contribution in [0.3, 0.4) is 0 Å². The molecule has 2 unspecified atom stereocenters. The maximum Gasteiger partial charge on any atom is 0.226 e. The molecule has 7 nitrogen and oxygen atoms in total. The molecule has 1 saturated heterocycles. The van der Waals surface area contributed by atoms with E-state index in [0.29, 0.717) is 36.9 Å². The number of aromatic nitrogens is 1. The second-order valence-electron chi connectivity index (χ2n) is 6.25. The predicted octanol–water partition coefficient (Wildman–Crippen LogP) is 1.59. The minimum Gasteiger partial charge on any atom is -0.493 e. The summed E-state index contributed by atoms with van der Waals surface area (Å²) >= 11 is 0. The molecule has 0 amide bonds. The van der Waals surface area contributed by atoms with Gasteiger partial charge in [0.2, 0.25) is 5.89 Å². The molecule has 3 rings (SSSR count). The zero-order valence-corrected chi connectivity index (χ0v) is 14.7. The van der Waals surface area contributed by atoms with Gasteiger partial charge in [-0.15, -0.1) is 0 Å². The Bertz CT molecular complexity index is 730. The van der Waals surface area contributed by atoms with Crippen LogP contribution in [0.25, 0.3) is 11.5 Å². The van der Waals surface area contributed by atoms with Gasteiger partial charge in [0.15, 0.2) is 11.5 Å². The fourth-order valence-electron chi connectivity index (χ4n) is 3.01. The Hall–Kier alpha value is -2.09. The molecule has 1 aliphatic rings. The normalized spacial score (nSPS) is 21.3. The molecule has 2 N–H and O–H groups in total. The fraction of sp³-hybridized carbons (Fsp3) is 0.500. The predicted molar refractivity (Wildman–Crippen MR) is 91.7 cm³/mol. The number of hydrogen-bond acceptors (Lipinski definition) is 7. The molecule has 1 fully saturated rings. The maximum atomic E-state index is 9.82. The monoisotopic (exact) mass is 348 g/mol. The van der Waals surface area contributed by atoms with Gasteiger partial charge in [-0.05, 0) is 31.5 Å². The van der Waals surface area contributed by atoms with Crippen molar-refractivity contribution in [2.45, 2.75) is 32.1 Å². The van der Waals surface area contributed by atoms with E-state index in [4.69, 9.17) is 13.9 Å². The summed E-state index contributed by atoms with van der Waals surface area (Å²) < 4.78 is 16.4. The molecular weight excluding hydrogens is 324 g/mol. The van der Waals surface area contributed by atoms with Crippen LogP contribution in [0.4, 0.5) is 0 Å². The minimum absolute atomic E-state index is 0.430. The van der Waals surface area contributed by atoms with E-state index >= 15 is 0 Å². The van der Waals surface area contributed by atoms with Gasteiger partial charge < -0.3 is 24.1 Å². The van der Waals surface area contributed by atoms with Crippen LogP contribution in [-0.2, 0) is 6.54 Å². The van der Waals surface area contributed by atoms with Gasteiger partial charge in [0, 0.05) is 25.2 Å². The van der Waals surface area contributed by atoms with Gasteiger partial charge in [0.05, 0.1) is 32.1 Å². The van der Waals surface area contributed by atoms with Crippen molar-refractivity contribution >= 4 is 0 Å². The van der Waals surface area contributed by atoms with Gasteiger partial charge in [-0.1, -0.05) is 0 Å². The summed E-state index contributed by atoms with van der Waals surface area (Å²) in [6.45, 7) is 3.60. The number of likely N-dealkylation sites (tertiary alicyclic amines) is 1. The average Bonchev–Trinajstić information content (AvgIpc) is 2.98. The smallest absolute Gasteiger partial charge is 0.226 e. The van der Waals surface area contributed by atoms with E-state index in [1.54, 1.807) is 14.2 Å². The van der Waals surface area contributed by atoms with Crippen LogP contribution in [-0.4, -0.2) is 59.6 Å². The number of oxazole rings is 1. The number of benzene rings is 1. The molecule has 1 aliphatic heterocycles. The van der Waals surface area contributed by atoms with Crippen LogP contribution in [0.5, 0.6) is 11.5 Å². The highest BCUT2D eigenvalue weighted by atomic mass is 16.5. The molecule has 2 aromatic rings. The molecule has 25 heavy (non-hydrogen) atoms. The first-order valence-corrected chi connectivity index (χ1v) is 8.29. The van der Waals surface area contributed by atoms with Gasteiger partial charge in [-0.25, -0.2) is 4.98 Å². The van der Waals surface area contributed by atoms with Crippen molar-refractivity contribution in [2.75, 3.05) is 27.3 Å². The lowest BCUT2D eigenvalue weighted by Gasteiger charge is -2.32. The van der Waals surface area contributed by atoms with E-state index in [-0.39, 0.29) is 0 Å². The minimum atomic E-state index is -0.716. The third-order valence-electron chi connectivity index (χ3n) is 4.53. The van der Waals surface area contributed by atoms with E-state index < -0.39 is 12.2 Å². The van der Waals surface area contributed by atoms with Crippen LogP contribution in [0.2, 0.25) is 0 Å². The summed E-state index contributed by atoms with van der Waals surface area (Å²) in [5.41, 5.74) is 1.63. The number of ether oxygens (including phenoxy) is 2. The Kier molecular flexibility index (Phi) is 5.27. The van der Waals surface area contributed by atoms with E-state index in [0.717, 1.165) is 23.6 Å². The summed E-state index contributed by atoms with van der Waals surface area (Å²) in [5, 5.41) is 19.5. The lowest BCUT2D eigenvalue weighted by atomic mass is 10.1. The quantitative estimate of drug-likeness (QED) is 0.848. The topological polar surface area (TPSA) is 88.2 Å². The van der Waals surface area contributed by atoms with Crippen LogP contribution in [0.1, 0.15) is 17.9 Å². The number of aryl methyl sites for hydroxylation is 1. The van der Waals surface area contributed by atoms with Crippen LogP contribution < -0.4 is 9.47 Å². The van der Waals surface area contributed by atoms with Gasteiger partial charge in [-0.2, -0.15) is 0 Å². The van der Waals surface area contributed by atoms with Crippen molar-refractivity contribution in [3.05, 3.63) is 29.7 Å². The Morgan fingerprint density at radius 2 is 1.96 bits per heavy atom. The van der Waals surface area contributed by atoms with E-state index in [2.05, 4.69) is 9.88 Å². The van der Waals surface area contributed by atoms with Crippen LogP contribution in [0, 0.1) is 6.92 Å². The number of piperidine rings is 1. The summed E-state index contributed by atoms with van der Waals surface area (Å²) in [6, 6.07) is 5.52. The Morgan fingerprint density at radius 3 is 2.64 bits per heavy atom. The molecule has 1 aromatic heterocycles. The summed E-state index contributed by atoms with van der Waals surface area (Å²) in [6.07, 6.45) is -0.802. The number of nitrogens with zero attached hydrogens (tertiary/aromatic N) is 2.